The van der Waals surface area contributed by atoms with Gasteiger partial charge in [-0.15, -0.1) is 15.3 Å². The second kappa shape index (κ2) is 5.68. The van der Waals surface area contributed by atoms with Crippen molar-refractivity contribution in [1.29, 1.82) is 0 Å². The van der Waals surface area contributed by atoms with Gasteiger partial charge in [-0.25, -0.2) is 0 Å². The Morgan fingerprint density at radius 3 is 2.57 bits per heavy atom. The number of aromatic nitrogens is 5. The Hall–Kier alpha value is -2.37. The predicted octanol–water partition coefficient (Wildman–Crippen LogP) is 2.88. The summed E-state index contributed by atoms with van der Waals surface area (Å²) in [7, 11) is 2.05. The lowest BCUT2D eigenvalue weighted by molar-refractivity contribution is 0.526. The van der Waals surface area contributed by atoms with Crippen LogP contribution in [0.15, 0.2) is 30.6 Å². The lowest BCUT2D eigenvalue weighted by Gasteiger charge is -2.19. The van der Waals surface area contributed by atoms with Crippen LogP contribution in [0.25, 0.3) is 5.65 Å². The van der Waals surface area contributed by atoms with Gasteiger partial charge in [-0.3, -0.25) is 0 Å². The van der Waals surface area contributed by atoms with E-state index in [0.29, 0.717) is 0 Å². The second-order valence-electron chi connectivity index (χ2n) is 6.94. The monoisotopic (exact) mass is 312 g/mol. The zero-order chi connectivity index (χ0) is 16.6. The van der Waals surface area contributed by atoms with Gasteiger partial charge in [-0.1, -0.05) is 20.8 Å². The Labute approximate surface area is 136 Å². The van der Waals surface area contributed by atoms with E-state index in [4.69, 9.17) is 5.10 Å². The molecule has 23 heavy (non-hydrogen) atoms. The molecular formula is C17H24N6. The summed E-state index contributed by atoms with van der Waals surface area (Å²) in [6.45, 7) is 10.3. The quantitative estimate of drug-likeness (QED) is 0.743. The highest BCUT2D eigenvalue weighted by atomic mass is 15.4. The van der Waals surface area contributed by atoms with Crippen LogP contribution in [-0.4, -0.2) is 31.4 Å². The first-order valence-corrected chi connectivity index (χ1v) is 7.97. The van der Waals surface area contributed by atoms with E-state index < -0.39 is 0 Å². The first kappa shape index (κ1) is 15.5. The molecule has 3 rings (SSSR count). The molecule has 122 valence electrons. The normalized spacial score (nSPS) is 12.0. The fourth-order valence-electron chi connectivity index (χ4n) is 2.59. The minimum atomic E-state index is -0.0953. The Morgan fingerprint density at radius 1 is 1.13 bits per heavy atom. The third kappa shape index (κ3) is 3.06. The van der Waals surface area contributed by atoms with Crippen LogP contribution in [0.5, 0.6) is 0 Å². The highest BCUT2D eigenvalue weighted by Gasteiger charge is 2.22. The molecular weight excluding hydrogens is 288 g/mol. The predicted molar refractivity (Wildman–Crippen MR) is 91.7 cm³/mol. The van der Waals surface area contributed by atoms with Crippen molar-refractivity contribution in [1.82, 2.24) is 24.4 Å². The fraction of sp³-hybridized carbons (Fsp3) is 0.471. The van der Waals surface area contributed by atoms with Crippen LogP contribution in [0, 0.1) is 0 Å². The molecule has 0 amide bonds. The zero-order valence-electron chi connectivity index (χ0n) is 14.5. The number of fused-ring (bicyclic) bond motifs is 1. The topological polar surface area (TPSA) is 51.2 Å². The molecule has 0 unspecified atom stereocenters. The Bertz CT molecular complexity index is 808. The molecule has 3 aromatic rings. The molecule has 6 heteroatoms. The SMILES string of the molecule is CCn1ccc(CN(C)c2ccc3nnc(C(C)(C)C)n3n2)c1. The molecule has 0 aliphatic heterocycles. The summed E-state index contributed by atoms with van der Waals surface area (Å²) in [6, 6.07) is 6.11. The molecule has 0 fully saturated rings. The van der Waals surface area contributed by atoms with Crippen LogP contribution in [0.1, 0.15) is 39.1 Å². The molecule has 0 aliphatic rings. The fourth-order valence-corrected chi connectivity index (χ4v) is 2.59. The highest BCUT2D eigenvalue weighted by Crippen LogP contribution is 2.21. The molecule has 0 N–H and O–H groups in total. The van der Waals surface area contributed by atoms with Crippen LogP contribution in [-0.2, 0) is 18.5 Å². The van der Waals surface area contributed by atoms with Crippen LogP contribution in [0.3, 0.4) is 0 Å². The third-order valence-corrected chi connectivity index (χ3v) is 3.91. The summed E-state index contributed by atoms with van der Waals surface area (Å²) in [5.41, 5.74) is 1.96. The van der Waals surface area contributed by atoms with E-state index in [1.54, 1.807) is 0 Å². The minimum Gasteiger partial charge on any atom is -0.354 e. The number of rotatable bonds is 4. The van der Waals surface area contributed by atoms with Gasteiger partial charge < -0.3 is 9.47 Å². The lowest BCUT2D eigenvalue weighted by atomic mass is 9.96. The summed E-state index contributed by atoms with van der Waals surface area (Å²) < 4.78 is 4.03. The largest absolute Gasteiger partial charge is 0.354 e. The van der Waals surface area contributed by atoms with E-state index in [0.717, 1.165) is 30.4 Å². The van der Waals surface area contributed by atoms with Crippen molar-refractivity contribution in [3.63, 3.8) is 0 Å². The number of hydrogen-bond donors (Lipinski definition) is 0. The van der Waals surface area contributed by atoms with Gasteiger partial charge in [-0.2, -0.15) is 4.52 Å². The van der Waals surface area contributed by atoms with Crippen molar-refractivity contribution < 1.29 is 0 Å². The maximum absolute atomic E-state index is 4.74. The Morgan fingerprint density at radius 2 is 1.91 bits per heavy atom. The number of hydrogen-bond acceptors (Lipinski definition) is 4. The maximum atomic E-state index is 4.74. The summed E-state index contributed by atoms with van der Waals surface area (Å²) in [5, 5.41) is 13.2. The molecule has 3 aromatic heterocycles. The second-order valence-corrected chi connectivity index (χ2v) is 6.94. The van der Waals surface area contributed by atoms with Crippen molar-refractivity contribution in [2.75, 3.05) is 11.9 Å². The van der Waals surface area contributed by atoms with Crippen LogP contribution in [0.4, 0.5) is 5.82 Å². The molecule has 0 saturated heterocycles. The van der Waals surface area contributed by atoms with Crippen molar-refractivity contribution in [2.24, 2.45) is 0 Å². The molecule has 0 aromatic carbocycles. The molecule has 3 heterocycles. The average Bonchev–Trinajstić information content (AvgIpc) is 3.11. The van der Waals surface area contributed by atoms with Crippen molar-refractivity contribution in [3.8, 4) is 0 Å². The number of nitrogens with zero attached hydrogens (tertiary/aromatic N) is 6. The first-order chi connectivity index (χ1) is 10.9. The Kier molecular flexibility index (Phi) is 3.83. The van der Waals surface area contributed by atoms with Gasteiger partial charge in [-0.05, 0) is 30.7 Å². The van der Waals surface area contributed by atoms with E-state index in [9.17, 15) is 0 Å². The van der Waals surface area contributed by atoms with Gasteiger partial charge in [0.15, 0.2) is 11.5 Å². The van der Waals surface area contributed by atoms with Gasteiger partial charge in [0.2, 0.25) is 0 Å². The van der Waals surface area contributed by atoms with Gasteiger partial charge in [0.25, 0.3) is 0 Å². The lowest BCUT2D eigenvalue weighted by Crippen LogP contribution is -2.21. The van der Waals surface area contributed by atoms with E-state index in [-0.39, 0.29) is 5.41 Å². The summed E-state index contributed by atoms with van der Waals surface area (Å²) >= 11 is 0. The van der Waals surface area contributed by atoms with Crippen molar-refractivity contribution in [3.05, 3.63) is 42.0 Å². The standard InChI is InChI=1S/C17H24N6/c1-6-22-10-9-13(12-22)11-21(5)15-8-7-14-18-19-16(17(2,3)4)23(14)20-15/h7-10,12H,6,11H2,1-5H3. The van der Waals surface area contributed by atoms with Gasteiger partial charge in [0.1, 0.15) is 5.82 Å². The molecule has 0 bridgehead atoms. The van der Waals surface area contributed by atoms with Crippen molar-refractivity contribution >= 4 is 11.5 Å². The maximum Gasteiger partial charge on any atom is 0.178 e. The summed E-state index contributed by atoms with van der Waals surface area (Å²) in [6.07, 6.45) is 4.28. The smallest absolute Gasteiger partial charge is 0.178 e. The summed E-state index contributed by atoms with van der Waals surface area (Å²) in [4.78, 5) is 2.14. The van der Waals surface area contributed by atoms with E-state index in [2.05, 4.69) is 72.9 Å². The van der Waals surface area contributed by atoms with Gasteiger partial charge in [0, 0.05) is 37.9 Å². The summed E-state index contributed by atoms with van der Waals surface area (Å²) in [5.74, 6) is 1.78. The minimum absolute atomic E-state index is 0.0953. The Balaban J connectivity index is 1.89. The van der Waals surface area contributed by atoms with Crippen LogP contribution >= 0.6 is 0 Å². The zero-order valence-corrected chi connectivity index (χ0v) is 14.5. The van der Waals surface area contributed by atoms with Crippen LogP contribution < -0.4 is 4.90 Å². The molecule has 0 atom stereocenters. The van der Waals surface area contributed by atoms with Crippen molar-refractivity contribution in [2.45, 2.75) is 46.2 Å². The van der Waals surface area contributed by atoms with Gasteiger partial charge in [0.05, 0.1) is 0 Å². The molecule has 0 spiro atoms. The van der Waals surface area contributed by atoms with E-state index in [1.807, 2.05) is 16.6 Å². The molecule has 0 radical (unpaired) electrons. The van der Waals surface area contributed by atoms with Crippen LogP contribution in [0.2, 0.25) is 0 Å². The van der Waals surface area contributed by atoms with E-state index >= 15 is 0 Å². The molecule has 0 saturated carbocycles. The third-order valence-electron chi connectivity index (χ3n) is 3.91. The average molecular weight is 312 g/mol. The number of anilines is 1. The van der Waals surface area contributed by atoms with E-state index in [1.165, 1.54) is 5.56 Å². The number of aryl methyl sites for hydroxylation is 1. The molecule has 6 nitrogen and oxygen atoms in total. The first-order valence-electron chi connectivity index (χ1n) is 7.97. The molecule has 0 aliphatic carbocycles. The van der Waals surface area contributed by atoms with Gasteiger partial charge >= 0.3 is 0 Å². The highest BCUT2D eigenvalue weighted by molar-refractivity contribution is 5.46.